The van der Waals surface area contributed by atoms with Crippen molar-refractivity contribution in [2.45, 2.75) is 32.0 Å². The summed E-state index contributed by atoms with van der Waals surface area (Å²) in [5, 5.41) is 11.7. The van der Waals surface area contributed by atoms with Gasteiger partial charge in [-0.15, -0.1) is 0 Å². The minimum atomic E-state index is -4.53. The van der Waals surface area contributed by atoms with Gasteiger partial charge in [-0.1, -0.05) is 6.07 Å². The van der Waals surface area contributed by atoms with E-state index in [0.717, 1.165) is 72.5 Å². The molecule has 192 valence electrons. The molecule has 10 heteroatoms. The average molecular weight is 509 g/mol. The zero-order valence-electron chi connectivity index (χ0n) is 20.5. The van der Waals surface area contributed by atoms with Gasteiger partial charge in [0.25, 0.3) is 5.91 Å². The number of hydrogen-bond donors (Lipinski definition) is 2. The highest BCUT2D eigenvalue weighted by atomic mass is 19.4. The van der Waals surface area contributed by atoms with Crippen molar-refractivity contribution >= 4 is 33.4 Å². The minimum absolute atomic E-state index is 0.110. The normalized spacial score (nSPS) is 17.0. The minimum Gasteiger partial charge on any atom is -0.321 e. The molecule has 1 aliphatic heterocycles. The van der Waals surface area contributed by atoms with E-state index in [1.165, 1.54) is 6.07 Å². The summed E-state index contributed by atoms with van der Waals surface area (Å²) in [6, 6.07) is 7.79. The number of pyridine rings is 1. The van der Waals surface area contributed by atoms with Gasteiger partial charge in [0.05, 0.1) is 22.8 Å². The fourth-order valence-electron chi connectivity index (χ4n) is 5.57. The van der Waals surface area contributed by atoms with Crippen molar-refractivity contribution in [2.75, 3.05) is 38.5 Å². The number of anilines is 1. The van der Waals surface area contributed by atoms with Crippen molar-refractivity contribution in [1.82, 2.24) is 25.0 Å². The molecule has 37 heavy (non-hydrogen) atoms. The SMILES string of the molecule is CN1CCN(Cc2ccc(NC(=O)c3nc4ccc5[nH]ncc5c4c4c3CCC4)cc2C(F)(F)F)CC1. The van der Waals surface area contributed by atoms with Crippen molar-refractivity contribution in [2.24, 2.45) is 0 Å². The lowest BCUT2D eigenvalue weighted by Gasteiger charge is -2.33. The van der Waals surface area contributed by atoms with Gasteiger partial charge in [-0.05, 0) is 67.3 Å². The smallest absolute Gasteiger partial charge is 0.321 e. The largest absolute Gasteiger partial charge is 0.416 e. The molecule has 7 nitrogen and oxygen atoms in total. The first-order valence-corrected chi connectivity index (χ1v) is 12.5. The summed E-state index contributed by atoms with van der Waals surface area (Å²) in [5.41, 5.74) is 3.39. The number of likely N-dealkylation sites (N-methyl/N-ethyl adjacent to an activating group) is 1. The van der Waals surface area contributed by atoms with Crippen LogP contribution in [0.3, 0.4) is 0 Å². The second kappa shape index (κ2) is 9.11. The number of carbonyl (C=O) groups is 1. The van der Waals surface area contributed by atoms with Crippen LogP contribution < -0.4 is 5.32 Å². The Morgan fingerprint density at radius 1 is 1.08 bits per heavy atom. The highest BCUT2D eigenvalue weighted by Crippen LogP contribution is 2.37. The highest BCUT2D eigenvalue weighted by molar-refractivity contribution is 6.11. The Morgan fingerprint density at radius 2 is 1.86 bits per heavy atom. The van der Waals surface area contributed by atoms with Crippen LogP contribution in [-0.2, 0) is 25.6 Å². The van der Waals surface area contributed by atoms with Crippen molar-refractivity contribution in [3.63, 3.8) is 0 Å². The van der Waals surface area contributed by atoms with Gasteiger partial charge in [-0.2, -0.15) is 18.3 Å². The topological polar surface area (TPSA) is 77.1 Å². The standard InChI is InChI=1S/C27H27F3N6O/c1-35-9-11-36(12-10-35)15-16-5-6-17(13-21(16)27(28,29)30)32-26(37)25-19-4-2-3-18(19)24-20-14-31-34-22(20)7-8-23(24)33-25/h5-8,13-14H,2-4,9-12,15H2,1H3,(H,31,34)(H,32,37). The van der Waals surface area contributed by atoms with Crippen LogP contribution in [0.25, 0.3) is 21.8 Å². The second-order valence-corrected chi connectivity index (χ2v) is 9.97. The fraction of sp³-hybridized carbons (Fsp3) is 0.370. The first kappa shape index (κ1) is 23.9. The first-order chi connectivity index (χ1) is 17.8. The molecular formula is C27H27F3N6O. The number of halogens is 3. The molecule has 1 aliphatic carbocycles. The molecule has 0 unspecified atom stereocenters. The van der Waals surface area contributed by atoms with Crippen molar-refractivity contribution in [3.05, 3.63) is 64.5 Å². The Bertz CT molecular complexity index is 1500. The molecule has 0 bridgehead atoms. The Balaban J connectivity index is 1.31. The van der Waals surface area contributed by atoms with E-state index in [-0.39, 0.29) is 23.5 Å². The van der Waals surface area contributed by atoms with Crippen molar-refractivity contribution < 1.29 is 18.0 Å². The molecule has 2 aromatic heterocycles. The van der Waals surface area contributed by atoms with Crippen LogP contribution in [0, 0.1) is 0 Å². The first-order valence-electron chi connectivity index (χ1n) is 12.5. The summed E-state index contributed by atoms with van der Waals surface area (Å²) in [6.07, 6.45) is -0.351. The van der Waals surface area contributed by atoms with Gasteiger partial charge < -0.3 is 10.2 Å². The monoisotopic (exact) mass is 508 g/mol. The molecule has 1 amide bonds. The summed E-state index contributed by atoms with van der Waals surface area (Å²) in [5.74, 6) is -0.493. The molecule has 1 fully saturated rings. The maximum atomic E-state index is 14.0. The summed E-state index contributed by atoms with van der Waals surface area (Å²) in [4.78, 5) is 22.2. The van der Waals surface area contributed by atoms with Crippen LogP contribution in [0.15, 0.2) is 36.5 Å². The number of amides is 1. The lowest BCUT2D eigenvalue weighted by atomic mass is 9.99. The Labute approximate surface area is 211 Å². The zero-order valence-corrected chi connectivity index (χ0v) is 20.5. The quantitative estimate of drug-likeness (QED) is 0.421. The number of alkyl halides is 3. The number of benzene rings is 2. The molecule has 2 aliphatic rings. The van der Waals surface area contributed by atoms with E-state index in [9.17, 15) is 18.0 Å². The number of nitrogens with one attached hydrogen (secondary N) is 2. The number of aromatic amines is 1. The van der Waals surface area contributed by atoms with Crippen LogP contribution in [0.5, 0.6) is 0 Å². The summed E-state index contributed by atoms with van der Waals surface area (Å²) >= 11 is 0. The van der Waals surface area contributed by atoms with E-state index in [4.69, 9.17) is 0 Å². The Kier molecular flexibility index (Phi) is 5.88. The van der Waals surface area contributed by atoms with Crippen LogP contribution in [0.4, 0.5) is 18.9 Å². The lowest BCUT2D eigenvalue weighted by molar-refractivity contribution is -0.138. The summed E-state index contributed by atoms with van der Waals surface area (Å²) in [6.45, 7) is 3.31. The van der Waals surface area contributed by atoms with E-state index in [1.807, 2.05) is 24.1 Å². The molecular weight excluding hydrogens is 481 g/mol. The van der Waals surface area contributed by atoms with Gasteiger partial charge in [-0.3, -0.25) is 14.8 Å². The maximum Gasteiger partial charge on any atom is 0.416 e. The summed E-state index contributed by atoms with van der Waals surface area (Å²) in [7, 11) is 2.01. The number of hydrogen-bond acceptors (Lipinski definition) is 5. The molecule has 0 spiro atoms. The van der Waals surface area contributed by atoms with Crippen molar-refractivity contribution in [3.8, 4) is 0 Å². The van der Waals surface area contributed by atoms with Crippen LogP contribution >= 0.6 is 0 Å². The average Bonchev–Trinajstić information content (AvgIpc) is 3.55. The fourth-order valence-corrected chi connectivity index (χ4v) is 5.57. The molecule has 1 saturated heterocycles. The van der Waals surface area contributed by atoms with E-state index in [1.54, 1.807) is 12.3 Å². The third-order valence-corrected chi connectivity index (χ3v) is 7.52. The number of fused-ring (bicyclic) bond motifs is 5. The second-order valence-electron chi connectivity index (χ2n) is 9.97. The molecule has 2 N–H and O–H groups in total. The third kappa shape index (κ3) is 4.44. The molecule has 4 aromatic rings. The number of carbonyl (C=O) groups excluding carboxylic acids is 1. The number of nitrogens with zero attached hydrogens (tertiary/aromatic N) is 4. The number of aryl methyl sites for hydroxylation is 1. The van der Waals surface area contributed by atoms with Gasteiger partial charge in [0, 0.05) is 49.2 Å². The predicted molar refractivity (Wildman–Crippen MR) is 136 cm³/mol. The van der Waals surface area contributed by atoms with E-state index in [0.29, 0.717) is 11.9 Å². The number of aromatic nitrogens is 3. The predicted octanol–water partition coefficient (Wildman–Crippen LogP) is 4.62. The van der Waals surface area contributed by atoms with Gasteiger partial charge >= 0.3 is 6.18 Å². The van der Waals surface area contributed by atoms with E-state index < -0.39 is 17.6 Å². The van der Waals surface area contributed by atoms with Crippen molar-refractivity contribution in [1.29, 1.82) is 0 Å². The van der Waals surface area contributed by atoms with Gasteiger partial charge in [0.15, 0.2) is 0 Å². The summed E-state index contributed by atoms with van der Waals surface area (Å²) < 4.78 is 42.0. The van der Waals surface area contributed by atoms with Gasteiger partial charge in [-0.25, -0.2) is 4.98 Å². The molecule has 3 heterocycles. The number of rotatable bonds is 4. The molecule has 0 saturated carbocycles. The maximum absolute atomic E-state index is 14.0. The Hall–Kier alpha value is -3.50. The van der Waals surface area contributed by atoms with Gasteiger partial charge in [0.1, 0.15) is 5.69 Å². The van der Waals surface area contributed by atoms with Crippen LogP contribution in [-0.4, -0.2) is 64.1 Å². The van der Waals surface area contributed by atoms with Crippen LogP contribution in [0.2, 0.25) is 0 Å². The number of H-pyrrole nitrogens is 1. The Morgan fingerprint density at radius 3 is 2.65 bits per heavy atom. The van der Waals surface area contributed by atoms with E-state index >= 15 is 0 Å². The highest BCUT2D eigenvalue weighted by Gasteiger charge is 2.34. The van der Waals surface area contributed by atoms with Gasteiger partial charge in [0.2, 0.25) is 0 Å². The zero-order chi connectivity index (χ0) is 25.7. The van der Waals surface area contributed by atoms with Crippen LogP contribution in [0.1, 0.15) is 39.2 Å². The molecule has 2 aromatic carbocycles. The number of piperazine rings is 1. The van der Waals surface area contributed by atoms with E-state index in [2.05, 4.69) is 25.4 Å². The lowest BCUT2D eigenvalue weighted by Crippen LogP contribution is -2.44. The molecule has 6 rings (SSSR count). The molecule has 0 atom stereocenters. The molecule has 0 radical (unpaired) electrons. The third-order valence-electron chi connectivity index (χ3n) is 7.52.